The lowest BCUT2D eigenvalue weighted by atomic mass is 10.5. The summed E-state index contributed by atoms with van der Waals surface area (Å²) in [6, 6.07) is 1.23. The topological polar surface area (TPSA) is 65.7 Å². The molecule has 0 unspecified atom stereocenters. The molecule has 0 saturated heterocycles. The number of hydrogen-bond acceptors (Lipinski definition) is 5. The summed E-state index contributed by atoms with van der Waals surface area (Å²) >= 11 is 0. The minimum Gasteiger partial charge on any atom is -0.449 e. The normalized spacial score (nSPS) is 13.5. The molecule has 0 spiro atoms. The van der Waals surface area contributed by atoms with Gasteiger partial charge in [-0.2, -0.15) is 0 Å². The van der Waals surface area contributed by atoms with Crippen LogP contribution in [0.1, 0.15) is 6.42 Å². The Balaban J connectivity index is 2.78. The Morgan fingerprint density at radius 3 is 2.79 bits per heavy atom. The van der Waals surface area contributed by atoms with Crippen LogP contribution in [-0.4, -0.2) is 59.9 Å². The van der Waals surface area contributed by atoms with Crippen molar-refractivity contribution in [3.8, 4) is 0 Å². The third-order valence-corrected chi connectivity index (χ3v) is 6.47. The summed E-state index contributed by atoms with van der Waals surface area (Å²) in [5.41, 5.74) is 5.34. The van der Waals surface area contributed by atoms with E-state index >= 15 is 0 Å². The molecule has 0 fully saturated rings. The first-order valence-corrected chi connectivity index (χ1v) is 9.67. The fourth-order valence-electron chi connectivity index (χ4n) is 0.916. The second-order valence-electron chi connectivity index (χ2n) is 2.88. The van der Waals surface area contributed by atoms with Gasteiger partial charge in [-0.05, 0) is 19.0 Å². The van der Waals surface area contributed by atoms with E-state index < -0.39 is 20.0 Å². The molecule has 0 aromatic heterocycles. The predicted octanol–water partition coefficient (Wildman–Crippen LogP) is -4.25. The van der Waals surface area contributed by atoms with Crippen molar-refractivity contribution in [3.05, 3.63) is 0 Å². The SMILES string of the molecule is NCCNCCC[SiH2]O[SiH2]O[SiH2]O[SiH3]. The van der Waals surface area contributed by atoms with E-state index in [0.717, 1.165) is 30.1 Å². The van der Waals surface area contributed by atoms with Gasteiger partial charge in [0.2, 0.25) is 0 Å². The number of rotatable bonds is 11. The standard InChI is InChI=1S/C5H22N2O3Si4/c6-2-4-7-3-1-5-12-9-14-10-13-8-11/h7H,1-6,12-14H2,11H3. The van der Waals surface area contributed by atoms with Crippen molar-refractivity contribution >= 4 is 40.3 Å². The van der Waals surface area contributed by atoms with Gasteiger partial charge >= 0.3 is 0 Å². The molecule has 0 rings (SSSR count). The van der Waals surface area contributed by atoms with Crippen LogP contribution in [0.15, 0.2) is 0 Å². The molecule has 0 amide bonds. The lowest BCUT2D eigenvalue weighted by molar-refractivity contribution is 0.437. The van der Waals surface area contributed by atoms with Crippen LogP contribution in [0.25, 0.3) is 0 Å². The van der Waals surface area contributed by atoms with Gasteiger partial charge < -0.3 is 23.4 Å². The molecule has 9 heteroatoms. The van der Waals surface area contributed by atoms with Crippen LogP contribution in [0.3, 0.4) is 0 Å². The molecule has 0 aromatic carbocycles. The van der Waals surface area contributed by atoms with Gasteiger partial charge in [0.25, 0.3) is 20.0 Å². The Bertz CT molecular complexity index is 101. The second kappa shape index (κ2) is 13.7. The Labute approximate surface area is 96.1 Å². The molecule has 0 aromatic rings. The van der Waals surface area contributed by atoms with Crippen molar-refractivity contribution in [1.29, 1.82) is 0 Å². The van der Waals surface area contributed by atoms with Crippen LogP contribution in [0, 0.1) is 0 Å². The summed E-state index contributed by atoms with van der Waals surface area (Å²) in [6.45, 7) is 2.71. The lowest BCUT2D eigenvalue weighted by Gasteiger charge is -2.05. The predicted molar refractivity (Wildman–Crippen MR) is 70.2 cm³/mol. The molecule has 5 nitrogen and oxygen atoms in total. The van der Waals surface area contributed by atoms with Gasteiger partial charge in [0, 0.05) is 13.1 Å². The number of nitrogens with one attached hydrogen (secondary N) is 1. The molecular weight excluding hydrogens is 248 g/mol. The fourth-order valence-corrected chi connectivity index (χ4v) is 6.63. The van der Waals surface area contributed by atoms with E-state index in [1.165, 1.54) is 12.5 Å². The molecule has 0 radical (unpaired) electrons. The molecule has 0 atom stereocenters. The van der Waals surface area contributed by atoms with Gasteiger partial charge in [-0.15, -0.1) is 0 Å². The molecule has 3 N–H and O–H groups in total. The Morgan fingerprint density at radius 1 is 1.21 bits per heavy atom. The van der Waals surface area contributed by atoms with E-state index in [1.807, 2.05) is 0 Å². The first-order chi connectivity index (χ1) is 6.91. The number of nitrogens with two attached hydrogens (primary N) is 1. The molecule has 86 valence electrons. The van der Waals surface area contributed by atoms with Crippen molar-refractivity contribution in [2.24, 2.45) is 5.73 Å². The maximum Gasteiger partial charge on any atom is 0.284 e. The van der Waals surface area contributed by atoms with Crippen molar-refractivity contribution in [2.45, 2.75) is 12.5 Å². The molecule has 0 aliphatic carbocycles. The smallest absolute Gasteiger partial charge is 0.284 e. The Hall–Kier alpha value is 0.668. The highest BCUT2D eigenvalue weighted by molar-refractivity contribution is 6.44. The Morgan fingerprint density at radius 2 is 2.07 bits per heavy atom. The summed E-state index contributed by atoms with van der Waals surface area (Å²) < 4.78 is 15.8. The van der Waals surface area contributed by atoms with Crippen molar-refractivity contribution in [2.75, 3.05) is 19.6 Å². The van der Waals surface area contributed by atoms with Gasteiger partial charge in [0.15, 0.2) is 0 Å². The zero-order chi connectivity index (χ0) is 10.5. The van der Waals surface area contributed by atoms with Crippen LogP contribution in [0.4, 0.5) is 0 Å². The minimum absolute atomic E-state index is 0.307. The maximum atomic E-state index is 5.52. The van der Waals surface area contributed by atoms with Gasteiger partial charge in [0.05, 0.1) is 0 Å². The van der Waals surface area contributed by atoms with Gasteiger partial charge in [0.1, 0.15) is 20.2 Å². The van der Waals surface area contributed by atoms with Crippen molar-refractivity contribution < 1.29 is 12.3 Å². The van der Waals surface area contributed by atoms with Gasteiger partial charge in [-0.1, -0.05) is 0 Å². The minimum atomic E-state index is -0.663. The molecule has 0 aliphatic rings. The van der Waals surface area contributed by atoms with Crippen LogP contribution < -0.4 is 11.1 Å². The monoisotopic (exact) mass is 270 g/mol. The van der Waals surface area contributed by atoms with E-state index in [4.69, 9.17) is 18.1 Å². The van der Waals surface area contributed by atoms with Crippen molar-refractivity contribution in [3.63, 3.8) is 0 Å². The molecular formula is C5H22N2O3Si4. The summed E-state index contributed by atoms with van der Waals surface area (Å²) in [5.74, 6) is 0. The van der Waals surface area contributed by atoms with E-state index in [9.17, 15) is 0 Å². The Kier molecular flexibility index (Phi) is 14.3. The largest absolute Gasteiger partial charge is 0.449 e. The molecule has 0 aliphatic heterocycles. The lowest BCUT2D eigenvalue weighted by Crippen LogP contribution is -2.23. The van der Waals surface area contributed by atoms with E-state index in [1.54, 1.807) is 0 Å². The van der Waals surface area contributed by atoms with Crippen molar-refractivity contribution in [1.82, 2.24) is 5.32 Å². The summed E-state index contributed by atoms with van der Waals surface area (Å²) in [7, 11) is -0.799. The fraction of sp³-hybridized carbons (Fsp3) is 1.00. The molecule has 0 bridgehead atoms. The summed E-state index contributed by atoms with van der Waals surface area (Å²) in [5, 5.41) is 3.26. The van der Waals surface area contributed by atoms with Crippen LogP contribution in [0.2, 0.25) is 6.04 Å². The highest BCUT2D eigenvalue weighted by Gasteiger charge is 1.92. The van der Waals surface area contributed by atoms with Crippen LogP contribution in [0.5, 0.6) is 0 Å². The van der Waals surface area contributed by atoms with Gasteiger partial charge in [-0.3, -0.25) is 0 Å². The summed E-state index contributed by atoms with van der Waals surface area (Å²) in [4.78, 5) is 0. The van der Waals surface area contributed by atoms with E-state index in [2.05, 4.69) is 5.32 Å². The average Bonchev–Trinajstić information content (AvgIpc) is 2.21. The highest BCUT2D eigenvalue weighted by atomic mass is 28.4. The molecule has 14 heavy (non-hydrogen) atoms. The van der Waals surface area contributed by atoms with Gasteiger partial charge in [-0.25, -0.2) is 0 Å². The quantitative estimate of drug-likeness (QED) is 0.294. The van der Waals surface area contributed by atoms with Crippen LogP contribution in [-0.2, 0) is 12.3 Å². The average molecular weight is 271 g/mol. The van der Waals surface area contributed by atoms with E-state index in [-0.39, 0.29) is 9.76 Å². The first kappa shape index (κ1) is 14.7. The summed E-state index contributed by atoms with van der Waals surface area (Å²) in [6.07, 6.45) is 1.20. The number of hydrogen-bond donors (Lipinski definition) is 2. The zero-order valence-electron chi connectivity index (χ0n) is 8.96. The third kappa shape index (κ3) is 12.7. The highest BCUT2D eigenvalue weighted by Crippen LogP contribution is 1.86. The molecule has 0 saturated carbocycles. The molecule has 0 heterocycles. The maximum absolute atomic E-state index is 5.52. The zero-order valence-corrected chi connectivity index (χ0v) is 15.2. The third-order valence-electron chi connectivity index (χ3n) is 1.58. The van der Waals surface area contributed by atoms with E-state index in [0.29, 0.717) is 0 Å². The second-order valence-corrected chi connectivity index (χ2v) is 10.0. The first-order valence-electron chi connectivity index (χ1n) is 4.97. The van der Waals surface area contributed by atoms with Crippen LogP contribution >= 0.6 is 0 Å².